The van der Waals surface area contributed by atoms with Gasteiger partial charge in [-0.3, -0.25) is 9.69 Å². The van der Waals surface area contributed by atoms with E-state index < -0.39 is 6.17 Å². The van der Waals surface area contributed by atoms with Crippen molar-refractivity contribution in [3.63, 3.8) is 0 Å². The molecule has 0 radical (unpaired) electrons. The summed E-state index contributed by atoms with van der Waals surface area (Å²) >= 11 is 0. The van der Waals surface area contributed by atoms with Gasteiger partial charge in [-0.25, -0.2) is 4.39 Å². The molecule has 0 aromatic heterocycles. The average Bonchev–Trinajstić information content (AvgIpc) is 3.49. The maximum atomic E-state index is 13.6. The number of likely N-dealkylation sites (tertiary alicyclic amines) is 1. The first-order valence-electron chi connectivity index (χ1n) is 10.9. The van der Waals surface area contributed by atoms with Crippen molar-refractivity contribution in [3.05, 3.63) is 70.8 Å². The lowest BCUT2D eigenvalue weighted by molar-refractivity contribution is -0.132. The van der Waals surface area contributed by atoms with Crippen LogP contribution in [0.1, 0.15) is 35.1 Å². The molecule has 1 unspecified atom stereocenters. The molecule has 7 heteroatoms. The molecule has 1 N–H and O–H groups in total. The molecule has 0 aliphatic carbocycles. The Balaban J connectivity index is 1.48. The van der Waals surface area contributed by atoms with Gasteiger partial charge < -0.3 is 10.2 Å². The van der Waals surface area contributed by atoms with Crippen LogP contribution in [0.15, 0.2) is 48.5 Å². The fourth-order valence-electron chi connectivity index (χ4n) is 4.47. The van der Waals surface area contributed by atoms with Crippen molar-refractivity contribution in [1.82, 2.24) is 15.1 Å². The predicted molar refractivity (Wildman–Crippen MR) is 118 cm³/mol. The van der Waals surface area contributed by atoms with Crippen molar-refractivity contribution in [3.8, 4) is 12.1 Å². The Bertz CT molecular complexity index is 965. The van der Waals surface area contributed by atoms with Crippen LogP contribution in [0.25, 0.3) is 0 Å². The number of carbonyl (C=O) groups is 1. The van der Waals surface area contributed by atoms with E-state index in [-0.39, 0.29) is 24.5 Å². The van der Waals surface area contributed by atoms with Crippen molar-refractivity contribution in [2.75, 3.05) is 19.6 Å². The van der Waals surface area contributed by atoms with Gasteiger partial charge in [0.1, 0.15) is 6.17 Å². The van der Waals surface area contributed by atoms with Gasteiger partial charge in [0.15, 0.2) is 0 Å². The molecular weight excluding hydrogens is 405 g/mol. The zero-order valence-corrected chi connectivity index (χ0v) is 17.9. The Kier molecular flexibility index (Phi) is 6.80. The summed E-state index contributed by atoms with van der Waals surface area (Å²) in [5.74, 6) is -0.00986. The fraction of sp³-hybridized carbons (Fsp3) is 0.400. The standard InChI is InChI=1S/C25H26FN5O/c26-22-9-10-30(17-22)25(32)24-11-23(14-29-24)31(15-20-5-1-18(12-27)2-6-20)16-21-7-3-19(13-28)4-8-21/h1-8,22-24,29H,9-11,14-17H2/t22?,23-,24-/m0/s1. The molecule has 1 amide bonds. The minimum atomic E-state index is -0.916. The number of benzene rings is 2. The van der Waals surface area contributed by atoms with Gasteiger partial charge in [-0.15, -0.1) is 0 Å². The first kappa shape index (κ1) is 22.0. The highest BCUT2D eigenvalue weighted by Crippen LogP contribution is 2.23. The lowest BCUT2D eigenvalue weighted by Crippen LogP contribution is -2.42. The van der Waals surface area contributed by atoms with Gasteiger partial charge >= 0.3 is 0 Å². The van der Waals surface area contributed by atoms with Crippen molar-refractivity contribution in [2.24, 2.45) is 0 Å². The van der Waals surface area contributed by atoms with E-state index in [4.69, 9.17) is 10.5 Å². The molecule has 0 spiro atoms. The number of nitriles is 2. The monoisotopic (exact) mass is 431 g/mol. The van der Waals surface area contributed by atoms with Crippen LogP contribution in [-0.4, -0.2) is 53.6 Å². The van der Waals surface area contributed by atoms with Crippen LogP contribution in [0.2, 0.25) is 0 Å². The predicted octanol–water partition coefficient (Wildman–Crippen LogP) is 2.73. The third-order valence-corrected chi connectivity index (χ3v) is 6.30. The molecule has 2 aromatic carbocycles. The smallest absolute Gasteiger partial charge is 0.239 e. The van der Waals surface area contributed by atoms with Crippen molar-refractivity contribution >= 4 is 5.91 Å². The van der Waals surface area contributed by atoms with Gasteiger partial charge in [-0.2, -0.15) is 10.5 Å². The summed E-state index contributed by atoms with van der Waals surface area (Å²) in [6.07, 6.45) is 0.171. The second kappa shape index (κ2) is 9.91. The van der Waals surface area contributed by atoms with Gasteiger partial charge in [0.2, 0.25) is 5.91 Å². The minimum Gasteiger partial charge on any atom is -0.338 e. The molecule has 32 heavy (non-hydrogen) atoms. The number of rotatable bonds is 6. The molecule has 164 valence electrons. The molecule has 2 heterocycles. The average molecular weight is 432 g/mol. The van der Waals surface area contributed by atoms with E-state index in [2.05, 4.69) is 22.4 Å². The molecule has 6 nitrogen and oxygen atoms in total. The highest BCUT2D eigenvalue weighted by Gasteiger charge is 2.37. The molecule has 0 saturated carbocycles. The SMILES string of the molecule is N#Cc1ccc(CN(Cc2ccc(C#N)cc2)[C@@H]2CN[C@H](C(=O)N3CCC(F)C3)C2)cc1. The van der Waals surface area contributed by atoms with Crippen LogP contribution < -0.4 is 5.32 Å². The van der Waals surface area contributed by atoms with Gasteiger partial charge in [0.05, 0.1) is 35.9 Å². The first-order chi connectivity index (χ1) is 15.6. The van der Waals surface area contributed by atoms with Crippen LogP contribution >= 0.6 is 0 Å². The normalized spacial score (nSPS) is 22.6. The van der Waals surface area contributed by atoms with Gasteiger partial charge in [0.25, 0.3) is 0 Å². The van der Waals surface area contributed by atoms with E-state index >= 15 is 0 Å². The van der Waals surface area contributed by atoms with E-state index in [1.54, 1.807) is 4.90 Å². The molecule has 2 saturated heterocycles. The number of nitrogens with one attached hydrogen (secondary N) is 1. The van der Waals surface area contributed by atoms with E-state index in [0.29, 0.717) is 50.1 Å². The summed E-state index contributed by atoms with van der Waals surface area (Å²) < 4.78 is 13.6. The summed E-state index contributed by atoms with van der Waals surface area (Å²) in [4.78, 5) is 16.8. The molecule has 2 aliphatic heterocycles. The van der Waals surface area contributed by atoms with E-state index in [1.165, 1.54) is 0 Å². The molecule has 0 bridgehead atoms. The zero-order chi connectivity index (χ0) is 22.5. The molecular formula is C25H26FN5O. The van der Waals surface area contributed by atoms with Crippen molar-refractivity contribution in [1.29, 1.82) is 10.5 Å². The third-order valence-electron chi connectivity index (χ3n) is 6.30. The van der Waals surface area contributed by atoms with Crippen LogP contribution in [0.5, 0.6) is 0 Å². The summed E-state index contributed by atoms with van der Waals surface area (Å²) in [5, 5.41) is 21.5. The topological polar surface area (TPSA) is 83.2 Å². The van der Waals surface area contributed by atoms with Gasteiger partial charge in [-0.1, -0.05) is 24.3 Å². The third kappa shape index (κ3) is 5.13. The minimum absolute atomic E-state index is 0.00986. The van der Waals surface area contributed by atoms with Crippen LogP contribution in [0, 0.1) is 22.7 Å². The van der Waals surface area contributed by atoms with Gasteiger partial charge in [0, 0.05) is 32.2 Å². The second-order valence-corrected chi connectivity index (χ2v) is 8.54. The van der Waals surface area contributed by atoms with Crippen LogP contribution in [-0.2, 0) is 17.9 Å². The Morgan fingerprint density at radius 3 is 2.06 bits per heavy atom. The van der Waals surface area contributed by atoms with E-state index in [0.717, 1.165) is 11.1 Å². The zero-order valence-electron chi connectivity index (χ0n) is 17.9. The van der Waals surface area contributed by atoms with Crippen molar-refractivity contribution < 1.29 is 9.18 Å². The van der Waals surface area contributed by atoms with E-state index in [1.807, 2.05) is 48.5 Å². The second-order valence-electron chi connectivity index (χ2n) is 8.54. The first-order valence-corrected chi connectivity index (χ1v) is 10.9. The Hall–Kier alpha value is -3.26. The highest BCUT2D eigenvalue weighted by molar-refractivity contribution is 5.82. The number of amides is 1. The lowest BCUT2D eigenvalue weighted by atomic mass is 10.1. The number of hydrogen-bond donors (Lipinski definition) is 1. The van der Waals surface area contributed by atoms with Crippen molar-refractivity contribution in [2.45, 2.75) is 44.2 Å². The molecule has 3 atom stereocenters. The molecule has 2 aromatic rings. The molecule has 4 rings (SSSR count). The maximum absolute atomic E-state index is 13.6. The van der Waals surface area contributed by atoms with Crippen LogP contribution in [0.4, 0.5) is 4.39 Å². The summed E-state index contributed by atoms with van der Waals surface area (Å²) in [6.45, 7) is 2.71. The largest absolute Gasteiger partial charge is 0.338 e. The molecule has 2 fully saturated rings. The number of nitrogens with zero attached hydrogens (tertiary/aromatic N) is 4. The summed E-state index contributed by atoms with van der Waals surface area (Å²) in [6, 6.07) is 19.2. The van der Waals surface area contributed by atoms with Crippen LogP contribution in [0.3, 0.4) is 0 Å². The number of alkyl halides is 1. The Labute approximate surface area is 187 Å². The van der Waals surface area contributed by atoms with E-state index in [9.17, 15) is 9.18 Å². The highest BCUT2D eigenvalue weighted by atomic mass is 19.1. The lowest BCUT2D eigenvalue weighted by Gasteiger charge is -2.29. The summed E-state index contributed by atoms with van der Waals surface area (Å²) in [5.41, 5.74) is 3.43. The quantitative estimate of drug-likeness (QED) is 0.761. The number of halogens is 1. The molecule has 2 aliphatic rings. The summed E-state index contributed by atoms with van der Waals surface area (Å²) in [7, 11) is 0. The fourth-order valence-corrected chi connectivity index (χ4v) is 4.47. The number of carbonyl (C=O) groups excluding carboxylic acids is 1. The van der Waals surface area contributed by atoms with Gasteiger partial charge in [-0.05, 0) is 48.2 Å². The number of hydrogen-bond acceptors (Lipinski definition) is 5. The Morgan fingerprint density at radius 1 is 1.03 bits per heavy atom. The Morgan fingerprint density at radius 2 is 1.59 bits per heavy atom. The maximum Gasteiger partial charge on any atom is 0.239 e.